The van der Waals surface area contributed by atoms with Crippen molar-refractivity contribution >= 4 is 0 Å². The highest BCUT2D eigenvalue weighted by molar-refractivity contribution is 5.75. The van der Waals surface area contributed by atoms with Crippen molar-refractivity contribution in [3.05, 3.63) is 82.2 Å². The summed E-state index contributed by atoms with van der Waals surface area (Å²) in [4.78, 5) is 0. The molecule has 0 bridgehead atoms. The molecule has 190 valence electrons. The third-order valence-electron chi connectivity index (χ3n) is 5.88. The Morgan fingerprint density at radius 1 is 0.757 bits per heavy atom. The lowest BCUT2D eigenvalue weighted by Gasteiger charge is -2.10. The molecule has 1 N–H and O–H groups in total. The largest absolute Gasteiger partial charge is 0.394 e. The topological polar surface area (TPSA) is 100 Å². The summed E-state index contributed by atoms with van der Waals surface area (Å²) < 4.78 is 18.1. The Kier molecular flexibility index (Phi) is 10.9. The maximum atomic E-state index is 9.84. The molecule has 0 aliphatic rings. The fourth-order valence-electron chi connectivity index (χ4n) is 3.96. The summed E-state index contributed by atoms with van der Waals surface area (Å²) in [5, 5.41) is 27.5. The molecule has 7 nitrogen and oxygen atoms in total. The monoisotopic (exact) mass is 497 g/mol. The molecule has 0 saturated heterocycles. The summed E-state index contributed by atoms with van der Waals surface area (Å²) in [5.41, 5.74) is 7.04. The van der Waals surface area contributed by atoms with Crippen molar-refractivity contribution in [2.45, 2.75) is 20.4 Å². The fraction of sp³-hybridized carbons (Fsp3) is 0.333. The van der Waals surface area contributed by atoms with E-state index in [9.17, 15) is 5.26 Å². The molecule has 0 saturated carbocycles. The average Bonchev–Trinajstić information content (AvgIpc) is 3.16. The average molecular weight is 498 g/mol. The van der Waals surface area contributed by atoms with Gasteiger partial charge in [0.05, 0.1) is 56.8 Å². The molecule has 0 amide bonds. The Balaban J connectivity index is 1.56. The van der Waals surface area contributed by atoms with Crippen LogP contribution in [0.5, 0.6) is 0 Å². The molecule has 0 unspecified atom stereocenters. The zero-order chi connectivity index (χ0) is 26.5. The molecule has 3 aromatic rings. The van der Waals surface area contributed by atoms with Gasteiger partial charge in [-0.1, -0.05) is 36.1 Å². The summed E-state index contributed by atoms with van der Waals surface area (Å²) in [6.45, 7) is 7.15. The van der Waals surface area contributed by atoms with Gasteiger partial charge in [-0.05, 0) is 49.2 Å². The van der Waals surface area contributed by atoms with Crippen molar-refractivity contribution in [1.29, 1.82) is 10.5 Å². The minimum Gasteiger partial charge on any atom is -0.394 e. The van der Waals surface area contributed by atoms with Gasteiger partial charge in [-0.2, -0.15) is 10.5 Å². The van der Waals surface area contributed by atoms with Crippen LogP contribution in [0.15, 0.2) is 48.5 Å². The van der Waals surface area contributed by atoms with Gasteiger partial charge in [0, 0.05) is 29.1 Å². The predicted octanol–water partition coefficient (Wildman–Crippen LogP) is 3.96. The quantitative estimate of drug-likeness (QED) is 0.300. The standard InChI is InChI=1S/C30H31N3O4/c1-23-29(21-32)30(28-11-9-26(20-31)10-12-28)24(2)33(23)22-27-7-5-25(6-8-27)4-3-14-35-16-18-37-19-17-36-15-13-34/h5-12,34H,13-19,22H2,1-2H3. The first kappa shape index (κ1) is 27.7. The lowest BCUT2D eigenvalue weighted by Crippen LogP contribution is -2.10. The van der Waals surface area contributed by atoms with E-state index < -0.39 is 0 Å². The molecule has 0 spiro atoms. The molecule has 7 heteroatoms. The van der Waals surface area contributed by atoms with E-state index in [1.54, 1.807) is 12.1 Å². The van der Waals surface area contributed by atoms with Gasteiger partial charge in [-0.15, -0.1) is 0 Å². The first-order chi connectivity index (χ1) is 18.1. The van der Waals surface area contributed by atoms with Gasteiger partial charge in [0.15, 0.2) is 0 Å². The summed E-state index contributed by atoms with van der Waals surface area (Å²) in [6, 6.07) is 19.9. The Morgan fingerprint density at radius 3 is 2.00 bits per heavy atom. The number of rotatable bonds is 12. The third kappa shape index (κ3) is 7.79. The van der Waals surface area contributed by atoms with Gasteiger partial charge in [0.2, 0.25) is 0 Å². The zero-order valence-electron chi connectivity index (χ0n) is 21.3. The van der Waals surface area contributed by atoms with Gasteiger partial charge < -0.3 is 23.9 Å². The second-order valence-corrected chi connectivity index (χ2v) is 8.31. The maximum Gasteiger partial charge on any atom is 0.108 e. The van der Waals surface area contributed by atoms with Gasteiger partial charge in [-0.3, -0.25) is 0 Å². The Morgan fingerprint density at radius 2 is 1.38 bits per heavy atom. The Labute approximate surface area is 218 Å². The van der Waals surface area contributed by atoms with E-state index in [1.165, 1.54) is 0 Å². The summed E-state index contributed by atoms with van der Waals surface area (Å²) in [5.74, 6) is 6.12. The van der Waals surface area contributed by atoms with Gasteiger partial charge >= 0.3 is 0 Å². The minimum absolute atomic E-state index is 0.0159. The number of aliphatic hydroxyl groups excluding tert-OH is 1. The summed E-state index contributed by atoms with van der Waals surface area (Å²) >= 11 is 0. The predicted molar refractivity (Wildman–Crippen MR) is 141 cm³/mol. The fourth-order valence-corrected chi connectivity index (χ4v) is 3.96. The van der Waals surface area contributed by atoms with Crippen LogP contribution in [0.2, 0.25) is 0 Å². The van der Waals surface area contributed by atoms with Crippen molar-refractivity contribution in [3.8, 4) is 35.1 Å². The van der Waals surface area contributed by atoms with E-state index in [0.29, 0.717) is 57.3 Å². The van der Waals surface area contributed by atoms with Crippen LogP contribution >= 0.6 is 0 Å². The van der Waals surface area contributed by atoms with Crippen molar-refractivity contribution in [1.82, 2.24) is 4.57 Å². The van der Waals surface area contributed by atoms with Crippen LogP contribution in [0.1, 0.15) is 33.6 Å². The maximum absolute atomic E-state index is 9.84. The molecule has 1 aromatic heterocycles. The highest BCUT2D eigenvalue weighted by atomic mass is 16.5. The van der Waals surface area contributed by atoms with Gasteiger partial charge in [-0.25, -0.2) is 0 Å². The number of nitrogens with zero attached hydrogens (tertiary/aromatic N) is 3. The summed E-state index contributed by atoms with van der Waals surface area (Å²) in [6.07, 6.45) is 0. The number of nitriles is 2. The highest BCUT2D eigenvalue weighted by Gasteiger charge is 2.19. The molecule has 0 aliphatic carbocycles. The molecule has 0 radical (unpaired) electrons. The Bertz CT molecular complexity index is 1300. The highest BCUT2D eigenvalue weighted by Crippen LogP contribution is 2.32. The minimum atomic E-state index is 0.0159. The van der Waals surface area contributed by atoms with E-state index in [-0.39, 0.29) is 6.61 Å². The number of hydrogen-bond donors (Lipinski definition) is 1. The second kappa shape index (κ2) is 14.6. The zero-order valence-corrected chi connectivity index (χ0v) is 21.3. The summed E-state index contributed by atoms with van der Waals surface area (Å²) in [7, 11) is 0. The Hall–Kier alpha value is -3.90. The number of aliphatic hydroxyl groups is 1. The van der Waals surface area contributed by atoms with Gasteiger partial charge in [0.25, 0.3) is 0 Å². The number of hydrogen-bond acceptors (Lipinski definition) is 6. The van der Waals surface area contributed by atoms with Crippen LogP contribution in [-0.2, 0) is 20.8 Å². The van der Waals surface area contributed by atoms with Crippen LogP contribution in [0.4, 0.5) is 0 Å². The normalized spacial score (nSPS) is 10.4. The molecule has 2 aromatic carbocycles. The van der Waals surface area contributed by atoms with Crippen molar-refractivity contribution in [2.75, 3.05) is 46.2 Å². The molecule has 1 heterocycles. The molecule has 3 rings (SSSR count). The number of aromatic nitrogens is 1. The van der Waals surface area contributed by atoms with Crippen LogP contribution < -0.4 is 0 Å². The molecule has 37 heavy (non-hydrogen) atoms. The number of ether oxygens (including phenoxy) is 3. The molecular formula is C30H31N3O4. The lowest BCUT2D eigenvalue weighted by atomic mass is 10.0. The first-order valence-corrected chi connectivity index (χ1v) is 12.1. The van der Waals surface area contributed by atoms with Gasteiger partial charge in [0.1, 0.15) is 12.7 Å². The van der Waals surface area contributed by atoms with Crippen LogP contribution in [0, 0.1) is 48.4 Å². The van der Waals surface area contributed by atoms with Crippen LogP contribution in [0.3, 0.4) is 0 Å². The van der Waals surface area contributed by atoms with Crippen molar-refractivity contribution < 1.29 is 19.3 Å². The molecular weight excluding hydrogens is 466 g/mol. The van der Waals surface area contributed by atoms with Crippen LogP contribution in [0.25, 0.3) is 11.1 Å². The van der Waals surface area contributed by atoms with Crippen molar-refractivity contribution in [3.63, 3.8) is 0 Å². The van der Waals surface area contributed by atoms with E-state index in [1.807, 2.05) is 50.2 Å². The van der Waals surface area contributed by atoms with E-state index >= 15 is 0 Å². The third-order valence-corrected chi connectivity index (χ3v) is 5.88. The number of benzene rings is 2. The molecule has 0 aliphatic heterocycles. The first-order valence-electron chi connectivity index (χ1n) is 12.1. The van der Waals surface area contributed by atoms with Crippen LogP contribution in [-0.4, -0.2) is 55.9 Å². The SMILES string of the molecule is Cc1c(C#N)c(-c2ccc(C#N)cc2)c(C)n1Cc1ccc(C#CCOCCOCCOCCO)cc1. The van der Waals surface area contributed by atoms with Crippen molar-refractivity contribution in [2.24, 2.45) is 0 Å². The molecule has 0 fully saturated rings. The lowest BCUT2D eigenvalue weighted by molar-refractivity contribution is 0.0123. The van der Waals surface area contributed by atoms with E-state index in [4.69, 9.17) is 24.6 Å². The van der Waals surface area contributed by atoms with E-state index in [2.05, 4.69) is 28.5 Å². The van der Waals surface area contributed by atoms with E-state index in [0.717, 1.165) is 33.6 Å². The smallest absolute Gasteiger partial charge is 0.108 e. The second-order valence-electron chi connectivity index (χ2n) is 8.31. The molecule has 0 atom stereocenters.